The van der Waals surface area contributed by atoms with Gasteiger partial charge in [0.25, 0.3) is 5.91 Å². The van der Waals surface area contributed by atoms with Gasteiger partial charge in [0, 0.05) is 12.1 Å². The number of nitrogens with zero attached hydrogens (tertiary/aromatic N) is 1. The molecule has 2 rings (SSSR count). The maximum Gasteiger partial charge on any atom is 0.335 e. The smallest absolute Gasteiger partial charge is 0.335 e. The van der Waals surface area contributed by atoms with E-state index in [-0.39, 0.29) is 17.5 Å². The van der Waals surface area contributed by atoms with Crippen LogP contribution in [-0.4, -0.2) is 47.7 Å². The summed E-state index contributed by atoms with van der Waals surface area (Å²) < 4.78 is 5.27. The fourth-order valence-electron chi connectivity index (χ4n) is 1.98. The number of hydrogen-bond acceptors (Lipinski definition) is 3. The molecule has 1 fully saturated rings. The zero-order valence-corrected chi connectivity index (χ0v) is 10.1. The molecule has 0 spiro atoms. The standard InChI is InChI=1S/C13H15NO4/c1-9-8-18-6-5-14(9)12(15)10-3-2-4-11(7-10)13(16)17/h2-4,7,9H,5-6,8H2,1H3,(H,16,17). The largest absolute Gasteiger partial charge is 0.478 e. The lowest BCUT2D eigenvalue weighted by molar-refractivity contribution is 0.00359. The number of ether oxygens (including phenoxy) is 1. The Labute approximate surface area is 105 Å². The molecule has 1 aromatic rings. The van der Waals surface area contributed by atoms with Crippen molar-refractivity contribution in [2.75, 3.05) is 19.8 Å². The van der Waals surface area contributed by atoms with Crippen LogP contribution < -0.4 is 0 Å². The number of aromatic carboxylic acids is 1. The molecule has 96 valence electrons. The summed E-state index contributed by atoms with van der Waals surface area (Å²) in [4.78, 5) is 24.8. The highest BCUT2D eigenvalue weighted by Crippen LogP contribution is 2.13. The van der Waals surface area contributed by atoms with E-state index in [1.54, 1.807) is 17.0 Å². The lowest BCUT2D eigenvalue weighted by atomic mass is 10.1. The van der Waals surface area contributed by atoms with Gasteiger partial charge in [0.05, 0.1) is 24.8 Å². The molecule has 5 heteroatoms. The first-order chi connectivity index (χ1) is 8.59. The van der Waals surface area contributed by atoms with Crippen LogP contribution >= 0.6 is 0 Å². The van der Waals surface area contributed by atoms with Gasteiger partial charge in [0.15, 0.2) is 0 Å². The van der Waals surface area contributed by atoms with E-state index in [2.05, 4.69) is 0 Å². The van der Waals surface area contributed by atoms with Crippen LogP contribution in [0.4, 0.5) is 0 Å². The Hall–Kier alpha value is -1.88. The van der Waals surface area contributed by atoms with Crippen LogP contribution in [0.15, 0.2) is 24.3 Å². The SMILES string of the molecule is CC1COCCN1C(=O)c1cccc(C(=O)O)c1. The summed E-state index contributed by atoms with van der Waals surface area (Å²) in [7, 11) is 0. The summed E-state index contributed by atoms with van der Waals surface area (Å²) in [6, 6.07) is 6.12. The molecule has 1 heterocycles. The highest BCUT2D eigenvalue weighted by atomic mass is 16.5. The number of benzene rings is 1. The van der Waals surface area contributed by atoms with Crippen molar-refractivity contribution in [1.29, 1.82) is 0 Å². The first-order valence-corrected chi connectivity index (χ1v) is 5.81. The fourth-order valence-corrected chi connectivity index (χ4v) is 1.98. The maximum atomic E-state index is 12.3. The zero-order chi connectivity index (χ0) is 13.1. The molecular weight excluding hydrogens is 234 g/mol. The van der Waals surface area contributed by atoms with Crippen molar-refractivity contribution >= 4 is 11.9 Å². The molecule has 5 nitrogen and oxygen atoms in total. The minimum atomic E-state index is -1.03. The first-order valence-electron chi connectivity index (χ1n) is 5.81. The second-order valence-electron chi connectivity index (χ2n) is 4.31. The van der Waals surface area contributed by atoms with Gasteiger partial charge in [-0.1, -0.05) is 6.07 Å². The molecule has 1 aliphatic heterocycles. The van der Waals surface area contributed by atoms with E-state index in [4.69, 9.17) is 9.84 Å². The van der Waals surface area contributed by atoms with Crippen molar-refractivity contribution in [1.82, 2.24) is 4.90 Å². The number of carbonyl (C=O) groups is 2. The summed E-state index contributed by atoms with van der Waals surface area (Å²) in [6.07, 6.45) is 0. The van der Waals surface area contributed by atoms with Crippen LogP contribution in [-0.2, 0) is 4.74 Å². The molecule has 1 atom stereocenters. The fraction of sp³-hybridized carbons (Fsp3) is 0.385. The average Bonchev–Trinajstić information content (AvgIpc) is 2.38. The van der Waals surface area contributed by atoms with Crippen molar-refractivity contribution in [2.45, 2.75) is 13.0 Å². The van der Waals surface area contributed by atoms with Crippen LogP contribution in [0.3, 0.4) is 0 Å². The summed E-state index contributed by atoms with van der Waals surface area (Å²) in [5, 5.41) is 8.91. The van der Waals surface area contributed by atoms with E-state index in [1.807, 2.05) is 6.92 Å². The predicted octanol–water partition coefficient (Wildman–Crippen LogP) is 1.25. The molecule has 0 aliphatic carbocycles. The minimum Gasteiger partial charge on any atom is -0.478 e. The molecule has 0 radical (unpaired) electrons. The van der Waals surface area contributed by atoms with Crippen LogP contribution in [0.2, 0.25) is 0 Å². The Balaban J connectivity index is 2.22. The van der Waals surface area contributed by atoms with Crippen LogP contribution in [0.1, 0.15) is 27.6 Å². The summed E-state index contributed by atoms with van der Waals surface area (Å²) in [5.74, 6) is -1.17. The second-order valence-corrected chi connectivity index (χ2v) is 4.31. The van der Waals surface area contributed by atoms with Crippen molar-refractivity contribution < 1.29 is 19.4 Å². The van der Waals surface area contributed by atoms with Gasteiger partial charge < -0.3 is 14.7 Å². The Bertz CT molecular complexity index is 472. The van der Waals surface area contributed by atoms with Crippen molar-refractivity contribution in [2.24, 2.45) is 0 Å². The minimum absolute atomic E-state index is 0.0136. The molecule has 1 aromatic carbocycles. The molecule has 1 aliphatic rings. The van der Waals surface area contributed by atoms with Crippen molar-refractivity contribution in [3.63, 3.8) is 0 Å². The lowest BCUT2D eigenvalue weighted by Crippen LogP contribution is -2.47. The van der Waals surface area contributed by atoms with Gasteiger partial charge in [0.2, 0.25) is 0 Å². The van der Waals surface area contributed by atoms with Crippen LogP contribution in [0, 0.1) is 0 Å². The van der Waals surface area contributed by atoms with Gasteiger partial charge in [-0.2, -0.15) is 0 Å². The maximum absolute atomic E-state index is 12.3. The van der Waals surface area contributed by atoms with Gasteiger partial charge >= 0.3 is 5.97 Å². The lowest BCUT2D eigenvalue weighted by Gasteiger charge is -2.33. The van der Waals surface area contributed by atoms with E-state index in [0.717, 1.165) is 0 Å². The highest BCUT2D eigenvalue weighted by Gasteiger charge is 2.25. The van der Waals surface area contributed by atoms with Crippen LogP contribution in [0.25, 0.3) is 0 Å². The van der Waals surface area contributed by atoms with Gasteiger partial charge in [-0.25, -0.2) is 4.79 Å². The molecule has 0 bridgehead atoms. The first kappa shape index (κ1) is 12.6. The summed E-state index contributed by atoms with van der Waals surface area (Å²) in [6.45, 7) is 3.49. The molecule has 0 aromatic heterocycles. The Morgan fingerprint density at radius 2 is 2.11 bits per heavy atom. The third-order valence-electron chi connectivity index (χ3n) is 2.98. The monoisotopic (exact) mass is 249 g/mol. The van der Waals surface area contributed by atoms with Gasteiger partial charge in [-0.05, 0) is 25.1 Å². The molecule has 0 saturated carbocycles. The Morgan fingerprint density at radius 3 is 2.78 bits per heavy atom. The van der Waals surface area contributed by atoms with E-state index in [0.29, 0.717) is 25.3 Å². The Kier molecular flexibility index (Phi) is 3.62. The summed E-state index contributed by atoms with van der Waals surface area (Å²) >= 11 is 0. The predicted molar refractivity (Wildman–Crippen MR) is 64.7 cm³/mol. The van der Waals surface area contributed by atoms with Crippen molar-refractivity contribution in [3.8, 4) is 0 Å². The van der Waals surface area contributed by atoms with Gasteiger partial charge in [0.1, 0.15) is 0 Å². The van der Waals surface area contributed by atoms with E-state index in [9.17, 15) is 9.59 Å². The van der Waals surface area contributed by atoms with E-state index < -0.39 is 5.97 Å². The number of carboxylic acids is 1. The number of carboxylic acid groups (broad SMARTS) is 1. The number of carbonyl (C=O) groups excluding carboxylic acids is 1. The number of hydrogen-bond donors (Lipinski definition) is 1. The number of rotatable bonds is 2. The van der Waals surface area contributed by atoms with E-state index in [1.165, 1.54) is 12.1 Å². The second kappa shape index (κ2) is 5.18. The van der Waals surface area contributed by atoms with Crippen molar-refractivity contribution in [3.05, 3.63) is 35.4 Å². The zero-order valence-electron chi connectivity index (χ0n) is 10.1. The average molecular weight is 249 g/mol. The summed E-state index contributed by atoms with van der Waals surface area (Å²) in [5.41, 5.74) is 0.533. The quantitative estimate of drug-likeness (QED) is 0.856. The third kappa shape index (κ3) is 2.51. The molecule has 1 amide bonds. The van der Waals surface area contributed by atoms with E-state index >= 15 is 0 Å². The molecule has 18 heavy (non-hydrogen) atoms. The topological polar surface area (TPSA) is 66.8 Å². The molecular formula is C13H15NO4. The molecule has 1 unspecified atom stereocenters. The number of morpholine rings is 1. The number of amides is 1. The Morgan fingerprint density at radius 1 is 1.39 bits per heavy atom. The van der Waals surface area contributed by atoms with Gasteiger partial charge in [-0.15, -0.1) is 0 Å². The third-order valence-corrected chi connectivity index (χ3v) is 2.98. The van der Waals surface area contributed by atoms with Crippen LogP contribution in [0.5, 0.6) is 0 Å². The van der Waals surface area contributed by atoms with Gasteiger partial charge in [-0.3, -0.25) is 4.79 Å². The molecule has 1 saturated heterocycles. The highest BCUT2D eigenvalue weighted by molar-refractivity contribution is 5.97. The normalized spacial score (nSPS) is 19.6. The molecule has 1 N–H and O–H groups in total.